The Balaban J connectivity index is 1.68. The lowest BCUT2D eigenvalue weighted by Gasteiger charge is -2.08. The van der Waals surface area contributed by atoms with E-state index in [1.807, 2.05) is 24.3 Å². The Hall–Kier alpha value is -3.02. The molecule has 22 heavy (non-hydrogen) atoms. The summed E-state index contributed by atoms with van der Waals surface area (Å²) in [6, 6.07) is 13.0. The van der Waals surface area contributed by atoms with E-state index in [1.165, 1.54) is 24.5 Å². The van der Waals surface area contributed by atoms with Crippen LogP contribution in [0, 0.1) is 5.82 Å². The molecule has 1 N–H and O–H groups in total. The van der Waals surface area contributed by atoms with Gasteiger partial charge >= 0.3 is 0 Å². The van der Waals surface area contributed by atoms with E-state index in [-0.39, 0.29) is 6.61 Å². The highest BCUT2D eigenvalue weighted by Gasteiger charge is 2.08. The van der Waals surface area contributed by atoms with Gasteiger partial charge in [-0.3, -0.25) is 4.79 Å². The number of ether oxygens (including phenoxy) is 1. The maximum atomic E-state index is 13.0. The number of carbonyl (C=O) groups excluding carboxylic acids is 1. The van der Waals surface area contributed by atoms with Crippen molar-refractivity contribution in [3.63, 3.8) is 0 Å². The molecule has 2 aromatic carbocycles. The Morgan fingerprint density at radius 1 is 1.14 bits per heavy atom. The molecule has 0 radical (unpaired) electrons. The van der Waals surface area contributed by atoms with E-state index in [0.717, 1.165) is 10.9 Å². The molecule has 3 aromatic rings. The summed E-state index contributed by atoms with van der Waals surface area (Å²) in [5.41, 5.74) is 1.11. The average Bonchev–Trinajstić information content (AvgIpc) is 2.53. The molecule has 0 fully saturated rings. The number of nitrogens with zero attached hydrogens (tertiary/aromatic N) is 2. The molecule has 6 heteroatoms. The van der Waals surface area contributed by atoms with Crippen LogP contribution in [-0.2, 0) is 4.79 Å². The monoisotopic (exact) mass is 297 g/mol. The molecule has 110 valence electrons. The first-order chi connectivity index (χ1) is 10.7. The van der Waals surface area contributed by atoms with Crippen LogP contribution in [0.1, 0.15) is 0 Å². The van der Waals surface area contributed by atoms with Crippen LogP contribution in [0.15, 0.2) is 54.9 Å². The maximum absolute atomic E-state index is 13.0. The number of fused-ring (bicyclic) bond motifs is 1. The van der Waals surface area contributed by atoms with Gasteiger partial charge in [-0.05, 0) is 30.3 Å². The number of nitrogens with one attached hydrogen (secondary N) is 1. The number of aromatic nitrogens is 2. The van der Waals surface area contributed by atoms with Crippen molar-refractivity contribution in [2.45, 2.75) is 0 Å². The fraction of sp³-hybridized carbons (Fsp3) is 0.0625. The van der Waals surface area contributed by atoms with E-state index in [4.69, 9.17) is 4.74 Å². The van der Waals surface area contributed by atoms with Crippen LogP contribution in [-0.4, -0.2) is 22.5 Å². The number of anilines is 1. The number of benzene rings is 2. The van der Waals surface area contributed by atoms with Crippen molar-refractivity contribution in [2.24, 2.45) is 0 Å². The zero-order valence-corrected chi connectivity index (χ0v) is 11.5. The lowest BCUT2D eigenvalue weighted by atomic mass is 10.2. The second-order valence-electron chi connectivity index (χ2n) is 4.54. The van der Waals surface area contributed by atoms with Gasteiger partial charge in [0, 0.05) is 5.69 Å². The fourth-order valence-corrected chi connectivity index (χ4v) is 1.99. The van der Waals surface area contributed by atoms with Crippen molar-refractivity contribution in [1.29, 1.82) is 0 Å². The van der Waals surface area contributed by atoms with E-state index in [1.54, 1.807) is 6.07 Å². The lowest BCUT2D eigenvalue weighted by Crippen LogP contribution is -2.20. The number of amides is 1. The molecule has 0 unspecified atom stereocenters. The minimum absolute atomic E-state index is 0.225. The maximum Gasteiger partial charge on any atom is 0.262 e. The van der Waals surface area contributed by atoms with E-state index < -0.39 is 11.7 Å². The van der Waals surface area contributed by atoms with Crippen molar-refractivity contribution in [3.8, 4) is 5.88 Å². The van der Waals surface area contributed by atoms with E-state index >= 15 is 0 Å². The van der Waals surface area contributed by atoms with Crippen LogP contribution in [0.25, 0.3) is 10.9 Å². The third-order valence-electron chi connectivity index (χ3n) is 2.95. The molecule has 0 aliphatic heterocycles. The normalized spacial score (nSPS) is 10.4. The number of hydrogen-bond acceptors (Lipinski definition) is 4. The summed E-state index contributed by atoms with van der Waals surface area (Å²) in [5, 5.41) is 3.28. The van der Waals surface area contributed by atoms with Crippen LogP contribution in [0.4, 0.5) is 10.1 Å². The largest absolute Gasteiger partial charge is 0.467 e. The molecule has 0 saturated carbocycles. The van der Waals surface area contributed by atoms with Crippen molar-refractivity contribution in [2.75, 3.05) is 11.9 Å². The topological polar surface area (TPSA) is 64.1 Å². The molecule has 0 aliphatic rings. The van der Waals surface area contributed by atoms with Crippen LogP contribution in [0.2, 0.25) is 0 Å². The summed E-state index contributed by atoms with van der Waals surface area (Å²) in [7, 11) is 0. The summed E-state index contributed by atoms with van der Waals surface area (Å²) in [4.78, 5) is 20.0. The Bertz CT molecular complexity index is 818. The highest BCUT2D eigenvalue weighted by atomic mass is 19.1. The predicted octanol–water partition coefficient (Wildman–Crippen LogP) is 2.79. The molecule has 3 rings (SSSR count). The van der Waals surface area contributed by atoms with Gasteiger partial charge in [0.05, 0.1) is 10.9 Å². The van der Waals surface area contributed by atoms with E-state index in [0.29, 0.717) is 11.6 Å². The molecule has 0 aliphatic carbocycles. The van der Waals surface area contributed by atoms with Gasteiger partial charge in [-0.1, -0.05) is 18.2 Å². The first kappa shape index (κ1) is 13.9. The Morgan fingerprint density at radius 3 is 2.86 bits per heavy atom. The third-order valence-corrected chi connectivity index (χ3v) is 2.95. The molecular weight excluding hydrogens is 285 g/mol. The van der Waals surface area contributed by atoms with E-state index in [9.17, 15) is 9.18 Å². The van der Waals surface area contributed by atoms with Gasteiger partial charge in [0.2, 0.25) is 5.88 Å². The minimum Gasteiger partial charge on any atom is -0.467 e. The van der Waals surface area contributed by atoms with Gasteiger partial charge in [0.25, 0.3) is 5.91 Å². The van der Waals surface area contributed by atoms with Crippen LogP contribution in [0.3, 0.4) is 0 Å². The average molecular weight is 297 g/mol. The SMILES string of the molecule is O=C(COc1ncnc2ccccc12)Nc1cccc(F)c1. The lowest BCUT2D eigenvalue weighted by molar-refractivity contribution is -0.118. The highest BCUT2D eigenvalue weighted by molar-refractivity contribution is 5.92. The van der Waals surface area contributed by atoms with Gasteiger partial charge in [-0.25, -0.2) is 14.4 Å². The molecule has 1 aromatic heterocycles. The smallest absolute Gasteiger partial charge is 0.262 e. The van der Waals surface area contributed by atoms with Crippen LogP contribution in [0.5, 0.6) is 5.88 Å². The number of halogens is 1. The van der Waals surface area contributed by atoms with Crippen molar-refractivity contribution < 1.29 is 13.9 Å². The molecule has 5 nitrogen and oxygen atoms in total. The molecule has 0 bridgehead atoms. The number of carbonyl (C=O) groups is 1. The van der Waals surface area contributed by atoms with Gasteiger partial charge in [-0.15, -0.1) is 0 Å². The molecule has 0 atom stereocenters. The number of para-hydroxylation sites is 1. The third kappa shape index (κ3) is 3.17. The summed E-state index contributed by atoms with van der Waals surface area (Å²) >= 11 is 0. The Labute approximate surface area is 125 Å². The van der Waals surface area contributed by atoms with Gasteiger partial charge in [0.15, 0.2) is 6.61 Å². The first-order valence-electron chi connectivity index (χ1n) is 6.60. The Morgan fingerprint density at radius 2 is 2.00 bits per heavy atom. The predicted molar refractivity (Wildman–Crippen MR) is 80.1 cm³/mol. The molecule has 1 amide bonds. The molecule has 1 heterocycles. The summed E-state index contributed by atoms with van der Waals surface area (Å²) < 4.78 is 18.5. The van der Waals surface area contributed by atoms with Gasteiger partial charge in [0.1, 0.15) is 12.1 Å². The zero-order chi connectivity index (χ0) is 15.4. The quantitative estimate of drug-likeness (QED) is 0.804. The standard InChI is InChI=1S/C16H12FN3O2/c17-11-4-3-5-12(8-11)20-15(21)9-22-16-13-6-1-2-7-14(13)18-10-19-16/h1-8,10H,9H2,(H,20,21). The van der Waals surface area contributed by atoms with Gasteiger partial charge in [-0.2, -0.15) is 0 Å². The number of rotatable bonds is 4. The minimum atomic E-state index is -0.416. The van der Waals surface area contributed by atoms with Crippen LogP contribution < -0.4 is 10.1 Å². The summed E-state index contributed by atoms with van der Waals surface area (Å²) in [6.45, 7) is -0.225. The molecular formula is C16H12FN3O2. The van der Waals surface area contributed by atoms with E-state index in [2.05, 4.69) is 15.3 Å². The molecule has 0 saturated heterocycles. The molecule has 0 spiro atoms. The first-order valence-corrected chi connectivity index (χ1v) is 6.60. The van der Waals surface area contributed by atoms with Gasteiger partial charge < -0.3 is 10.1 Å². The Kier molecular flexibility index (Phi) is 3.91. The second kappa shape index (κ2) is 6.17. The second-order valence-corrected chi connectivity index (χ2v) is 4.54. The zero-order valence-electron chi connectivity index (χ0n) is 11.5. The van der Waals surface area contributed by atoms with Crippen molar-refractivity contribution >= 4 is 22.5 Å². The summed E-state index contributed by atoms with van der Waals surface area (Å²) in [5.74, 6) is -0.478. The highest BCUT2D eigenvalue weighted by Crippen LogP contribution is 2.20. The van der Waals surface area contributed by atoms with Crippen molar-refractivity contribution in [3.05, 3.63) is 60.7 Å². The van der Waals surface area contributed by atoms with Crippen molar-refractivity contribution in [1.82, 2.24) is 9.97 Å². The fourth-order valence-electron chi connectivity index (χ4n) is 1.99. The number of hydrogen-bond donors (Lipinski definition) is 1. The van der Waals surface area contributed by atoms with Crippen LogP contribution >= 0.6 is 0 Å². The summed E-state index contributed by atoms with van der Waals surface area (Å²) in [6.07, 6.45) is 1.38.